The van der Waals surface area contributed by atoms with Crippen LogP contribution in [0.2, 0.25) is 0 Å². The molecule has 3 unspecified atom stereocenters. The predicted octanol–water partition coefficient (Wildman–Crippen LogP) is 5.12. The van der Waals surface area contributed by atoms with Crippen LogP contribution in [0.3, 0.4) is 0 Å². The number of sulfonamides is 1. The van der Waals surface area contributed by atoms with Crippen LogP contribution in [-0.2, 0) is 19.6 Å². The van der Waals surface area contributed by atoms with Gasteiger partial charge in [0.2, 0.25) is 10.0 Å². The first-order valence-corrected chi connectivity index (χ1v) is 15.7. The Morgan fingerprint density at radius 2 is 1.65 bits per heavy atom. The normalized spacial score (nSPS) is 46.9. The van der Waals surface area contributed by atoms with Crippen molar-refractivity contribution in [3.63, 3.8) is 0 Å². The van der Waals surface area contributed by atoms with Gasteiger partial charge in [0.1, 0.15) is 6.07 Å². The molecule has 0 spiro atoms. The van der Waals surface area contributed by atoms with E-state index < -0.39 is 21.0 Å². The lowest BCUT2D eigenvalue weighted by Crippen LogP contribution is -2.69. The number of nitrogens with zero attached hydrogens (tertiary/aromatic N) is 1. The summed E-state index contributed by atoms with van der Waals surface area (Å²) in [5.41, 5.74) is -0.424. The fraction of sp³-hybridized carbons (Fsp3) is 0.767. The molecule has 1 N–H and O–H groups in total. The SMILES string of the molecule is C[C@@H]1C(=O)C(C#N)=C[C@]2(C)C3=CC(=O)C4C5CC(C)(C)CC[C@]5(NS(C)(=O)=O)CC[C@@]4(C)[C@]3(C)CCC12. The van der Waals surface area contributed by atoms with E-state index in [-0.39, 0.29) is 57.1 Å². The lowest BCUT2D eigenvalue weighted by Gasteiger charge is -2.68. The zero-order valence-corrected chi connectivity index (χ0v) is 24.2. The summed E-state index contributed by atoms with van der Waals surface area (Å²) in [5, 5.41) is 9.75. The lowest BCUT2D eigenvalue weighted by molar-refractivity contribution is -0.157. The molecule has 0 heterocycles. The largest absolute Gasteiger partial charge is 0.295 e. The number of hydrogen-bond donors (Lipinski definition) is 1. The first-order chi connectivity index (χ1) is 16.9. The number of allylic oxidation sites excluding steroid dienone is 4. The number of carbonyl (C=O) groups excluding carboxylic acids is 2. The molecular weight excluding hydrogens is 484 g/mol. The standard InChI is InChI=1S/C30H42N2O4S/c1-18-20-8-9-28(5)23(27(20,4)15-19(17-31)25(18)34)14-22(33)24-21-16-26(2,3)10-12-30(21,32-37(7,35)36)13-11-29(24,28)6/h14-15,18,20-21,24,32H,8-13,16H2,1-7H3/t18-,20?,21?,24?,27-,28+,29+,30-/m0/s1. The van der Waals surface area contributed by atoms with Crippen molar-refractivity contribution >= 4 is 21.6 Å². The number of hydrogen-bond acceptors (Lipinski definition) is 5. The van der Waals surface area contributed by atoms with Crippen molar-refractivity contribution in [3.8, 4) is 6.07 Å². The second kappa shape index (κ2) is 7.88. The van der Waals surface area contributed by atoms with Crippen LogP contribution < -0.4 is 4.72 Å². The number of Topliss-reactive ketones (excluding diaryl/α,β-unsaturated/α-hetero) is 1. The number of fused-ring (bicyclic) bond motifs is 7. The van der Waals surface area contributed by atoms with Crippen LogP contribution >= 0.6 is 0 Å². The van der Waals surface area contributed by atoms with Gasteiger partial charge in [0.05, 0.1) is 11.8 Å². The highest BCUT2D eigenvalue weighted by Crippen LogP contribution is 2.72. The summed E-state index contributed by atoms with van der Waals surface area (Å²) in [6.07, 6.45) is 10.7. The van der Waals surface area contributed by atoms with Gasteiger partial charge in [-0.3, -0.25) is 9.59 Å². The van der Waals surface area contributed by atoms with Gasteiger partial charge in [-0.1, -0.05) is 53.2 Å². The highest BCUT2D eigenvalue weighted by Gasteiger charge is 2.69. The maximum Gasteiger partial charge on any atom is 0.209 e. The molecular formula is C30H42N2O4S. The fourth-order valence-corrected chi connectivity index (χ4v) is 10.9. The first kappa shape index (κ1) is 26.8. The van der Waals surface area contributed by atoms with E-state index in [0.717, 1.165) is 50.5 Å². The second-order valence-electron chi connectivity index (χ2n) is 14.4. The first-order valence-electron chi connectivity index (χ1n) is 13.9. The Morgan fingerprint density at radius 3 is 2.27 bits per heavy atom. The Balaban J connectivity index is 1.68. The number of ketones is 2. The van der Waals surface area contributed by atoms with Crippen molar-refractivity contribution in [2.24, 2.45) is 45.3 Å². The monoisotopic (exact) mass is 526 g/mol. The molecule has 0 aliphatic heterocycles. The quantitative estimate of drug-likeness (QED) is 0.538. The molecule has 0 radical (unpaired) electrons. The van der Waals surface area contributed by atoms with E-state index in [9.17, 15) is 23.3 Å². The lowest BCUT2D eigenvalue weighted by atomic mass is 9.36. The minimum absolute atomic E-state index is 0.0318. The molecule has 3 fully saturated rings. The highest BCUT2D eigenvalue weighted by atomic mass is 32.2. The van der Waals surface area contributed by atoms with Crippen molar-refractivity contribution < 1.29 is 18.0 Å². The zero-order chi connectivity index (χ0) is 27.4. The van der Waals surface area contributed by atoms with E-state index in [4.69, 9.17) is 0 Å². The maximum absolute atomic E-state index is 14.3. The van der Waals surface area contributed by atoms with Crippen LogP contribution in [0.4, 0.5) is 0 Å². The molecule has 3 saturated carbocycles. The summed E-state index contributed by atoms with van der Waals surface area (Å²) in [4.78, 5) is 27.2. The third-order valence-corrected chi connectivity index (χ3v) is 12.7. The Morgan fingerprint density at radius 1 is 1.00 bits per heavy atom. The number of nitriles is 1. The molecule has 0 aromatic heterocycles. The van der Waals surface area contributed by atoms with Crippen LogP contribution in [0.15, 0.2) is 23.3 Å². The molecule has 0 saturated heterocycles. The predicted molar refractivity (Wildman–Crippen MR) is 143 cm³/mol. The van der Waals surface area contributed by atoms with Gasteiger partial charge in [-0.2, -0.15) is 5.26 Å². The smallest absolute Gasteiger partial charge is 0.209 e. The summed E-state index contributed by atoms with van der Waals surface area (Å²) in [5.74, 6) is -0.532. The topological polar surface area (TPSA) is 104 Å². The second-order valence-corrected chi connectivity index (χ2v) is 16.2. The third kappa shape index (κ3) is 3.61. The Labute approximate surface area is 222 Å². The molecule has 202 valence electrons. The molecule has 5 rings (SSSR count). The van der Waals surface area contributed by atoms with Gasteiger partial charge in [-0.25, -0.2) is 13.1 Å². The molecule has 37 heavy (non-hydrogen) atoms. The van der Waals surface area contributed by atoms with Crippen molar-refractivity contribution in [2.45, 2.75) is 92.0 Å². The summed E-state index contributed by atoms with van der Waals surface area (Å²) in [7, 11) is -3.45. The van der Waals surface area contributed by atoms with Gasteiger partial charge >= 0.3 is 0 Å². The number of nitrogens with one attached hydrogen (secondary N) is 1. The highest BCUT2D eigenvalue weighted by molar-refractivity contribution is 7.88. The zero-order valence-electron chi connectivity index (χ0n) is 23.4. The Bertz CT molecular complexity index is 1290. The number of carbonyl (C=O) groups is 2. The molecule has 0 bridgehead atoms. The van der Waals surface area contributed by atoms with Crippen molar-refractivity contribution in [1.82, 2.24) is 4.72 Å². The van der Waals surface area contributed by atoms with Crippen molar-refractivity contribution in [1.29, 1.82) is 5.26 Å². The summed E-state index contributed by atoms with van der Waals surface area (Å²) >= 11 is 0. The molecule has 6 nitrogen and oxygen atoms in total. The van der Waals surface area contributed by atoms with E-state index in [1.807, 2.05) is 19.1 Å². The van der Waals surface area contributed by atoms with Crippen LogP contribution in [-0.4, -0.2) is 31.8 Å². The molecule has 8 atom stereocenters. The molecule has 5 aliphatic carbocycles. The van der Waals surface area contributed by atoms with E-state index in [1.54, 1.807) is 0 Å². The van der Waals surface area contributed by atoms with Crippen LogP contribution in [0, 0.1) is 56.7 Å². The van der Waals surface area contributed by atoms with Gasteiger partial charge in [0.25, 0.3) is 0 Å². The molecule has 0 amide bonds. The van der Waals surface area contributed by atoms with Crippen molar-refractivity contribution in [3.05, 3.63) is 23.3 Å². The molecule has 5 aliphatic rings. The Kier molecular flexibility index (Phi) is 5.71. The molecule has 0 aromatic rings. The summed E-state index contributed by atoms with van der Waals surface area (Å²) in [6, 6.07) is 2.13. The third-order valence-electron chi connectivity index (χ3n) is 11.9. The van der Waals surface area contributed by atoms with E-state index in [2.05, 4.69) is 45.4 Å². The van der Waals surface area contributed by atoms with Crippen LogP contribution in [0.5, 0.6) is 0 Å². The molecule has 7 heteroatoms. The minimum Gasteiger partial charge on any atom is -0.295 e. The summed E-state index contributed by atoms with van der Waals surface area (Å²) in [6.45, 7) is 13.1. The average Bonchev–Trinajstić information content (AvgIpc) is 2.78. The Hall–Kier alpha value is -1.78. The van der Waals surface area contributed by atoms with Crippen LogP contribution in [0.25, 0.3) is 0 Å². The summed E-state index contributed by atoms with van der Waals surface area (Å²) < 4.78 is 28.2. The van der Waals surface area contributed by atoms with Gasteiger partial charge < -0.3 is 0 Å². The molecule has 0 aromatic carbocycles. The van der Waals surface area contributed by atoms with E-state index in [0.29, 0.717) is 0 Å². The van der Waals surface area contributed by atoms with Gasteiger partial charge in [0, 0.05) is 22.8 Å². The van der Waals surface area contributed by atoms with E-state index >= 15 is 0 Å². The van der Waals surface area contributed by atoms with Gasteiger partial charge in [-0.05, 0) is 79.1 Å². The van der Waals surface area contributed by atoms with Crippen LogP contribution in [0.1, 0.15) is 86.5 Å². The number of rotatable bonds is 2. The van der Waals surface area contributed by atoms with Gasteiger partial charge in [0.15, 0.2) is 11.6 Å². The minimum atomic E-state index is -3.45. The van der Waals surface area contributed by atoms with Gasteiger partial charge in [-0.15, -0.1) is 0 Å². The van der Waals surface area contributed by atoms with E-state index in [1.165, 1.54) is 6.26 Å². The maximum atomic E-state index is 14.3. The fourth-order valence-electron chi connectivity index (χ4n) is 9.80. The average molecular weight is 527 g/mol. The van der Waals surface area contributed by atoms with Crippen molar-refractivity contribution in [2.75, 3.05) is 6.26 Å².